The molecule has 7 nitrogen and oxygen atoms in total. The number of aromatic nitrogens is 3. The second-order valence-corrected chi connectivity index (χ2v) is 6.72. The van der Waals surface area contributed by atoms with Gasteiger partial charge in [0.1, 0.15) is 17.4 Å². The quantitative estimate of drug-likeness (QED) is 0.913. The minimum absolute atomic E-state index is 0.240. The first-order valence-corrected chi connectivity index (χ1v) is 7.38. The van der Waals surface area contributed by atoms with E-state index in [9.17, 15) is 4.79 Å². The largest absolute Gasteiger partial charge is 0.444 e. The lowest BCUT2D eigenvalue weighted by Gasteiger charge is -2.39. The predicted octanol–water partition coefficient (Wildman–Crippen LogP) is 1.72. The van der Waals surface area contributed by atoms with Crippen molar-refractivity contribution >= 4 is 17.4 Å². The van der Waals surface area contributed by atoms with Gasteiger partial charge in [-0.1, -0.05) is 0 Å². The molecule has 0 atom stereocenters. The van der Waals surface area contributed by atoms with Crippen molar-refractivity contribution in [3.63, 3.8) is 0 Å². The van der Waals surface area contributed by atoms with Gasteiger partial charge in [-0.15, -0.1) is 0 Å². The lowest BCUT2D eigenvalue weighted by molar-refractivity contribution is -0.00104. The van der Waals surface area contributed by atoms with Crippen LogP contribution in [-0.2, 0) is 11.2 Å². The van der Waals surface area contributed by atoms with Gasteiger partial charge in [-0.05, 0) is 45.2 Å². The zero-order valence-corrected chi connectivity index (χ0v) is 13.1. The van der Waals surface area contributed by atoms with E-state index in [4.69, 9.17) is 10.5 Å². The molecule has 0 aliphatic carbocycles. The molecular formula is C15H21N5O2. The van der Waals surface area contributed by atoms with E-state index in [0.717, 1.165) is 17.6 Å². The number of amides is 1. The number of hydrogen-bond acceptors (Lipinski definition) is 5. The Morgan fingerprint density at radius 1 is 1.41 bits per heavy atom. The van der Waals surface area contributed by atoms with Crippen molar-refractivity contribution in [3.05, 3.63) is 24.2 Å². The molecule has 1 amide bonds. The number of fused-ring (bicyclic) bond motifs is 1. The first-order chi connectivity index (χ1) is 10.3. The van der Waals surface area contributed by atoms with Gasteiger partial charge in [0, 0.05) is 18.8 Å². The number of nitrogens with two attached hydrogens (primary N) is 1. The summed E-state index contributed by atoms with van der Waals surface area (Å²) in [6.07, 6.45) is 2.07. The van der Waals surface area contributed by atoms with Gasteiger partial charge < -0.3 is 15.4 Å². The molecule has 118 valence electrons. The van der Waals surface area contributed by atoms with E-state index in [2.05, 4.69) is 10.1 Å². The average Bonchev–Trinajstić information content (AvgIpc) is 2.75. The fourth-order valence-electron chi connectivity index (χ4n) is 2.63. The molecule has 0 saturated carbocycles. The number of ether oxygens (including phenoxy) is 1. The highest BCUT2D eigenvalue weighted by Gasteiger charge is 2.34. The molecule has 22 heavy (non-hydrogen) atoms. The number of nitrogens with zero attached hydrogens (tertiary/aromatic N) is 4. The summed E-state index contributed by atoms with van der Waals surface area (Å²) in [7, 11) is 0. The number of carbonyl (C=O) groups excluding carboxylic acids is 1. The fourth-order valence-corrected chi connectivity index (χ4v) is 2.63. The van der Waals surface area contributed by atoms with Crippen LogP contribution in [0.15, 0.2) is 18.5 Å². The SMILES string of the molecule is CC(C)(C)OC(=O)N1CC(Cc2ccc3c(N)ncnn23)C1. The highest BCUT2D eigenvalue weighted by molar-refractivity contribution is 5.69. The predicted molar refractivity (Wildman–Crippen MR) is 82.4 cm³/mol. The van der Waals surface area contributed by atoms with E-state index in [1.165, 1.54) is 6.33 Å². The van der Waals surface area contributed by atoms with Gasteiger partial charge in [-0.3, -0.25) is 0 Å². The fraction of sp³-hybridized carbons (Fsp3) is 0.533. The van der Waals surface area contributed by atoms with E-state index in [-0.39, 0.29) is 6.09 Å². The number of likely N-dealkylation sites (tertiary alicyclic amines) is 1. The Morgan fingerprint density at radius 2 is 2.14 bits per heavy atom. The van der Waals surface area contributed by atoms with Crippen molar-refractivity contribution < 1.29 is 9.53 Å². The molecule has 2 N–H and O–H groups in total. The van der Waals surface area contributed by atoms with Crippen LogP contribution in [0.3, 0.4) is 0 Å². The maximum absolute atomic E-state index is 11.9. The van der Waals surface area contributed by atoms with Crippen molar-refractivity contribution in [3.8, 4) is 0 Å². The van der Waals surface area contributed by atoms with Crippen LogP contribution in [0.25, 0.3) is 5.52 Å². The zero-order valence-electron chi connectivity index (χ0n) is 13.1. The van der Waals surface area contributed by atoms with Crippen LogP contribution < -0.4 is 5.73 Å². The molecule has 0 bridgehead atoms. The van der Waals surface area contributed by atoms with Crippen molar-refractivity contribution in [1.82, 2.24) is 19.5 Å². The van der Waals surface area contributed by atoms with E-state index < -0.39 is 5.60 Å². The van der Waals surface area contributed by atoms with Crippen molar-refractivity contribution in [2.24, 2.45) is 5.92 Å². The van der Waals surface area contributed by atoms with E-state index >= 15 is 0 Å². The lowest BCUT2D eigenvalue weighted by atomic mass is 9.95. The molecule has 0 spiro atoms. The molecule has 0 unspecified atom stereocenters. The van der Waals surface area contributed by atoms with Crippen LogP contribution in [-0.4, -0.2) is 44.3 Å². The number of nitrogen functional groups attached to an aromatic ring is 1. The van der Waals surface area contributed by atoms with Crippen molar-refractivity contribution in [1.29, 1.82) is 0 Å². The van der Waals surface area contributed by atoms with Gasteiger partial charge in [0.15, 0.2) is 5.82 Å². The molecule has 1 fully saturated rings. The molecule has 2 aromatic heterocycles. The molecule has 3 heterocycles. The third-order valence-electron chi connectivity index (χ3n) is 3.67. The lowest BCUT2D eigenvalue weighted by Crippen LogP contribution is -2.52. The van der Waals surface area contributed by atoms with Gasteiger partial charge in [0.05, 0.1) is 0 Å². The number of carbonyl (C=O) groups is 1. The molecule has 0 radical (unpaired) electrons. The molecule has 1 saturated heterocycles. The molecule has 1 aliphatic heterocycles. The van der Waals surface area contributed by atoms with Gasteiger partial charge in [0.2, 0.25) is 0 Å². The third-order valence-corrected chi connectivity index (χ3v) is 3.67. The molecular weight excluding hydrogens is 282 g/mol. The minimum atomic E-state index is -0.450. The summed E-state index contributed by atoms with van der Waals surface area (Å²) in [6.45, 7) is 7.04. The standard InChI is InChI=1S/C15H21N5O2/c1-15(2,3)22-14(21)19-7-10(8-19)6-11-4-5-12-13(16)17-9-18-20(11)12/h4-5,9-10H,6-8H2,1-3H3,(H2,16,17,18). The normalized spacial score (nSPS) is 15.9. The summed E-state index contributed by atoms with van der Waals surface area (Å²) >= 11 is 0. The van der Waals surface area contributed by atoms with Crippen LogP contribution in [0.4, 0.5) is 10.6 Å². The molecule has 2 aromatic rings. The van der Waals surface area contributed by atoms with Crippen LogP contribution in [0.5, 0.6) is 0 Å². The van der Waals surface area contributed by atoms with Crippen LogP contribution >= 0.6 is 0 Å². The molecule has 0 aromatic carbocycles. The Balaban J connectivity index is 1.60. The van der Waals surface area contributed by atoms with Gasteiger partial charge >= 0.3 is 6.09 Å². The number of hydrogen-bond donors (Lipinski definition) is 1. The van der Waals surface area contributed by atoms with E-state index in [0.29, 0.717) is 24.8 Å². The van der Waals surface area contributed by atoms with Gasteiger partial charge in [-0.25, -0.2) is 14.3 Å². The van der Waals surface area contributed by atoms with Crippen LogP contribution in [0, 0.1) is 5.92 Å². The first kappa shape index (κ1) is 14.6. The van der Waals surface area contributed by atoms with Crippen molar-refractivity contribution in [2.75, 3.05) is 18.8 Å². The highest BCUT2D eigenvalue weighted by Crippen LogP contribution is 2.24. The number of rotatable bonds is 2. The maximum Gasteiger partial charge on any atom is 0.410 e. The topological polar surface area (TPSA) is 85.8 Å². The summed E-state index contributed by atoms with van der Waals surface area (Å²) in [5, 5.41) is 4.24. The summed E-state index contributed by atoms with van der Waals surface area (Å²) in [5.74, 6) is 0.895. The average molecular weight is 303 g/mol. The summed E-state index contributed by atoms with van der Waals surface area (Å²) in [6, 6.07) is 3.94. The minimum Gasteiger partial charge on any atom is -0.444 e. The maximum atomic E-state index is 11.9. The Kier molecular flexibility index (Phi) is 3.42. The Bertz CT molecular complexity index is 698. The first-order valence-electron chi connectivity index (χ1n) is 7.38. The Hall–Kier alpha value is -2.31. The highest BCUT2D eigenvalue weighted by atomic mass is 16.6. The monoisotopic (exact) mass is 303 g/mol. The van der Waals surface area contributed by atoms with Gasteiger partial charge in [-0.2, -0.15) is 5.10 Å². The van der Waals surface area contributed by atoms with Crippen LogP contribution in [0.1, 0.15) is 26.5 Å². The van der Waals surface area contributed by atoms with Crippen LogP contribution in [0.2, 0.25) is 0 Å². The Labute approximate surface area is 129 Å². The molecule has 1 aliphatic rings. The van der Waals surface area contributed by atoms with E-state index in [1.54, 1.807) is 4.90 Å². The zero-order chi connectivity index (χ0) is 15.9. The summed E-state index contributed by atoms with van der Waals surface area (Å²) in [4.78, 5) is 17.6. The summed E-state index contributed by atoms with van der Waals surface area (Å²) < 4.78 is 7.17. The number of anilines is 1. The second-order valence-electron chi connectivity index (χ2n) is 6.72. The van der Waals surface area contributed by atoms with E-state index in [1.807, 2.05) is 37.4 Å². The summed E-state index contributed by atoms with van der Waals surface area (Å²) in [5.41, 5.74) is 7.28. The van der Waals surface area contributed by atoms with Crippen molar-refractivity contribution in [2.45, 2.75) is 32.8 Å². The second kappa shape index (κ2) is 5.15. The molecule has 7 heteroatoms. The smallest absolute Gasteiger partial charge is 0.410 e. The molecule has 3 rings (SSSR count). The van der Waals surface area contributed by atoms with Gasteiger partial charge in [0.25, 0.3) is 0 Å². The third kappa shape index (κ3) is 2.84. The Morgan fingerprint density at radius 3 is 2.82 bits per heavy atom.